The molecular weight excluding hydrogens is 336 g/mol. The van der Waals surface area contributed by atoms with E-state index in [9.17, 15) is 14.7 Å². The predicted molar refractivity (Wildman–Crippen MR) is 94.3 cm³/mol. The summed E-state index contributed by atoms with van der Waals surface area (Å²) in [6.45, 7) is 3.30. The van der Waals surface area contributed by atoms with Gasteiger partial charge in [0.05, 0.1) is 7.11 Å². The maximum Gasteiger partial charge on any atom is 0.339 e. The second-order valence-electron chi connectivity index (χ2n) is 6.29. The highest BCUT2D eigenvalue weighted by Gasteiger charge is 2.28. The summed E-state index contributed by atoms with van der Waals surface area (Å²) in [7, 11) is 3.25. The minimum atomic E-state index is -1.14. The normalized spacial score (nSPS) is 15.1. The fourth-order valence-corrected chi connectivity index (χ4v) is 3.09. The molecule has 2 heterocycles. The molecule has 1 aliphatic heterocycles. The number of hydrogen-bond donors (Lipinski definition) is 1. The van der Waals surface area contributed by atoms with Gasteiger partial charge in [0.15, 0.2) is 5.69 Å². The summed E-state index contributed by atoms with van der Waals surface area (Å²) in [6, 6.07) is 7.92. The van der Waals surface area contributed by atoms with Crippen molar-refractivity contribution >= 4 is 11.9 Å². The number of aryl methyl sites for hydroxylation is 1. The van der Waals surface area contributed by atoms with Gasteiger partial charge in [-0.3, -0.25) is 14.4 Å². The maximum atomic E-state index is 12.6. The molecule has 2 aromatic rings. The number of aromatic nitrogens is 2. The van der Waals surface area contributed by atoms with Crippen LogP contribution in [0.2, 0.25) is 0 Å². The van der Waals surface area contributed by atoms with Crippen LogP contribution in [0.5, 0.6) is 5.75 Å². The van der Waals surface area contributed by atoms with Crippen LogP contribution in [-0.4, -0.2) is 69.9 Å². The Morgan fingerprint density at radius 1 is 1.23 bits per heavy atom. The van der Waals surface area contributed by atoms with Gasteiger partial charge in [-0.15, -0.1) is 0 Å². The Hall–Kier alpha value is -2.87. The molecule has 1 amide bonds. The van der Waals surface area contributed by atoms with E-state index in [0.29, 0.717) is 13.1 Å². The summed E-state index contributed by atoms with van der Waals surface area (Å²) in [5.74, 6) is -0.644. The van der Waals surface area contributed by atoms with E-state index in [1.165, 1.54) is 10.9 Å². The van der Waals surface area contributed by atoms with E-state index in [4.69, 9.17) is 4.74 Å². The number of carbonyl (C=O) groups excluding carboxylic acids is 1. The Bertz CT molecular complexity index is 809. The first kappa shape index (κ1) is 17.9. The second-order valence-corrected chi connectivity index (χ2v) is 6.29. The maximum absolute atomic E-state index is 12.6. The van der Waals surface area contributed by atoms with Crippen molar-refractivity contribution in [2.24, 2.45) is 7.05 Å². The van der Waals surface area contributed by atoms with Gasteiger partial charge in [0.1, 0.15) is 11.3 Å². The quantitative estimate of drug-likeness (QED) is 0.861. The van der Waals surface area contributed by atoms with Crippen LogP contribution in [-0.2, 0) is 13.6 Å². The van der Waals surface area contributed by atoms with Crippen molar-refractivity contribution in [3.63, 3.8) is 0 Å². The smallest absolute Gasteiger partial charge is 0.339 e. The lowest BCUT2D eigenvalue weighted by Crippen LogP contribution is -2.48. The van der Waals surface area contributed by atoms with E-state index in [1.807, 2.05) is 24.3 Å². The summed E-state index contributed by atoms with van der Waals surface area (Å²) in [5, 5.41) is 13.3. The summed E-state index contributed by atoms with van der Waals surface area (Å²) in [6.07, 6.45) is 1.36. The van der Waals surface area contributed by atoms with Crippen LogP contribution in [0.25, 0.3) is 0 Å². The van der Waals surface area contributed by atoms with Crippen molar-refractivity contribution in [1.29, 1.82) is 0 Å². The largest absolute Gasteiger partial charge is 0.497 e. The molecule has 0 unspecified atom stereocenters. The number of carbonyl (C=O) groups is 2. The molecule has 0 bridgehead atoms. The SMILES string of the molecule is COc1cccc(CN2CCN(C(=O)c3nn(C)cc3C(=O)O)CC2)c1. The number of nitrogens with zero attached hydrogens (tertiary/aromatic N) is 4. The predicted octanol–water partition coefficient (Wildman–Crippen LogP) is 1.08. The number of carboxylic acid groups (broad SMARTS) is 1. The molecule has 8 nitrogen and oxygen atoms in total. The van der Waals surface area contributed by atoms with Crippen LogP contribution in [0.3, 0.4) is 0 Å². The molecule has 3 rings (SSSR count). The molecule has 0 atom stereocenters. The molecule has 1 aromatic heterocycles. The monoisotopic (exact) mass is 358 g/mol. The summed E-state index contributed by atoms with van der Waals surface area (Å²) >= 11 is 0. The summed E-state index contributed by atoms with van der Waals surface area (Å²) < 4.78 is 6.60. The highest BCUT2D eigenvalue weighted by atomic mass is 16.5. The molecule has 26 heavy (non-hydrogen) atoms. The first-order valence-electron chi connectivity index (χ1n) is 8.39. The first-order valence-corrected chi connectivity index (χ1v) is 8.39. The highest BCUT2D eigenvalue weighted by molar-refractivity contribution is 6.03. The van der Waals surface area contributed by atoms with Crippen molar-refractivity contribution in [1.82, 2.24) is 19.6 Å². The van der Waals surface area contributed by atoms with Gasteiger partial charge in [0.25, 0.3) is 5.91 Å². The minimum Gasteiger partial charge on any atom is -0.497 e. The number of piperazine rings is 1. The van der Waals surface area contributed by atoms with E-state index in [-0.39, 0.29) is 17.2 Å². The fourth-order valence-electron chi connectivity index (χ4n) is 3.09. The third-order valence-electron chi connectivity index (χ3n) is 4.46. The zero-order valence-electron chi connectivity index (χ0n) is 14.9. The fraction of sp³-hybridized carbons (Fsp3) is 0.389. The van der Waals surface area contributed by atoms with Crippen LogP contribution < -0.4 is 4.74 Å². The number of benzene rings is 1. The number of ether oxygens (including phenoxy) is 1. The average molecular weight is 358 g/mol. The highest BCUT2D eigenvalue weighted by Crippen LogP contribution is 2.17. The lowest BCUT2D eigenvalue weighted by Gasteiger charge is -2.34. The van der Waals surface area contributed by atoms with Crippen LogP contribution in [0.4, 0.5) is 0 Å². The summed E-state index contributed by atoms with van der Waals surface area (Å²) in [5.41, 5.74) is 1.10. The molecule has 1 saturated heterocycles. The molecule has 1 aromatic carbocycles. The molecular formula is C18H22N4O4. The second kappa shape index (κ2) is 7.57. The Labute approximate surface area is 151 Å². The molecule has 0 spiro atoms. The van der Waals surface area contributed by atoms with Crippen LogP contribution in [0, 0.1) is 0 Å². The van der Waals surface area contributed by atoms with E-state index in [0.717, 1.165) is 30.9 Å². The van der Waals surface area contributed by atoms with Crippen molar-refractivity contribution in [3.05, 3.63) is 47.3 Å². The van der Waals surface area contributed by atoms with Gasteiger partial charge in [-0.05, 0) is 17.7 Å². The minimum absolute atomic E-state index is 0.00115. The molecule has 0 saturated carbocycles. The topological polar surface area (TPSA) is 87.9 Å². The van der Waals surface area contributed by atoms with E-state index < -0.39 is 5.97 Å². The van der Waals surface area contributed by atoms with E-state index in [1.54, 1.807) is 19.1 Å². The molecule has 1 N–H and O–H groups in total. The number of amides is 1. The van der Waals surface area contributed by atoms with Crippen molar-refractivity contribution in [2.75, 3.05) is 33.3 Å². The molecule has 0 aliphatic carbocycles. The third kappa shape index (κ3) is 3.85. The Kier molecular flexibility index (Phi) is 5.22. The van der Waals surface area contributed by atoms with Gasteiger partial charge in [-0.25, -0.2) is 4.79 Å². The number of aromatic carboxylic acids is 1. The number of methoxy groups -OCH3 is 1. The van der Waals surface area contributed by atoms with E-state index in [2.05, 4.69) is 10.00 Å². The Morgan fingerprint density at radius 3 is 2.62 bits per heavy atom. The molecule has 0 radical (unpaired) electrons. The van der Waals surface area contributed by atoms with Crippen molar-refractivity contribution in [2.45, 2.75) is 6.54 Å². The lowest BCUT2D eigenvalue weighted by molar-refractivity contribution is 0.0604. The van der Waals surface area contributed by atoms with Gasteiger partial charge in [-0.1, -0.05) is 12.1 Å². The van der Waals surface area contributed by atoms with E-state index >= 15 is 0 Å². The third-order valence-corrected chi connectivity index (χ3v) is 4.46. The van der Waals surface area contributed by atoms with Gasteiger partial charge in [-0.2, -0.15) is 5.10 Å². The van der Waals surface area contributed by atoms with Crippen LogP contribution in [0.15, 0.2) is 30.5 Å². The van der Waals surface area contributed by atoms with Gasteiger partial charge in [0, 0.05) is 46.0 Å². The van der Waals surface area contributed by atoms with Crippen LogP contribution >= 0.6 is 0 Å². The van der Waals surface area contributed by atoms with Crippen molar-refractivity contribution < 1.29 is 19.4 Å². The van der Waals surface area contributed by atoms with Crippen molar-refractivity contribution in [3.8, 4) is 5.75 Å². The zero-order chi connectivity index (χ0) is 18.7. The number of carboxylic acids is 1. The zero-order valence-corrected chi connectivity index (χ0v) is 14.9. The Morgan fingerprint density at radius 2 is 1.96 bits per heavy atom. The standard InChI is InChI=1S/C18H22N4O4/c1-20-12-15(18(24)25)16(19-20)17(23)22-8-6-21(7-9-22)11-13-4-3-5-14(10-13)26-2/h3-5,10,12H,6-9,11H2,1-2H3,(H,24,25). The average Bonchev–Trinajstić information content (AvgIpc) is 3.04. The van der Waals surface area contributed by atoms with Gasteiger partial charge >= 0.3 is 5.97 Å². The molecule has 1 fully saturated rings. The molecule has 1 aliphatic rings. The van der Waals surface area contributed by atoms with Gasteiger partial charge in [0.2, 0.25) is 0 Å². The number of hydrogen-bond acceptors (Lipinski definition) is 5. The lowest BCUT2D eigenvalue weighted by atomic mass is 10.1. The summed E-state index contributed by atoms with van der Waals surface area (Å²) in [4.78, 5) is 27.8. The Balaban J connectivity index is 1.61. The first-order chi connectivity index (χ1) is 12.5. The molecule has 138 valence electrons. The van der Waals surface area contributed by atoms with Gasteiger partial charge < -0.3 is 14.7 Å². The number of rotatable bonds is 5. The molecule has 8 heteroatoms. The van der Waals surface area contributed by atoms with Crippen LogP contribution in [0.1, 0.15) is 26.4 Å².